The summed E-state index contributed by atoms with van der Waals surface area (Å²) in [5.41, 5.74) is 0.753. The molecule has 0 amide bonds. The maximum atomic E-state index is 10.6. The molecule has 6 heteroatoms. The maximum Gasteiger partial charge on any atom is 0.366 e. The van der Waals surface area contributed by atoms with Crippen LogP contribution in [0.1, 0.15) is 9.80 Å². The van der Waals surface area contributed by atoms with Crippen LogP contribution in [-0.4, -0.2) is 20.4 Å². The van der Waals surface area contributed by atoms with Gasteiger partial charge in [0.2, 0.25) is 5.01 Å². The summed E-state index contributed by atoms with van der Waals surface area (Å²) < 4.78 is 3.94. The molecule has 4 nitrogen and oxygen atoms in total. The van der Waals surface area contributed by atoms with Crippen molar-refractivity contribution in [2.24, 2.45) is 0 Å². The third kappa shape index (κ3) is 2.14. The van der Waals surface area contributed by atoms with E-state index in [-0.39, 0.29) is 5.01 Å². The van der Waals surface area contributed by atoms with Crippen LogP contribution in [0, 0.1) is 0 Å². The summed E-state index contributed by atoms with van der Waals surface area (Å²) in [6.45, 7) is 0. The zero-order valence-corrected chi connectivity index (χ0v) is 8.92. The van der Waals surface area contributed by atoms with E-state index in [9.17, 15) is 4.79 Å². The minimum Gasteiger partial charge on any atom is -0.476 e. The fraction of sp³-hybridized carbons (Fsp3) is 0. The molecule has 0 bridgehead atoms. The van der Waals surface area contributed by atoms with E-state index in [1.54, 1.807) is 24.3 Å². The predicted octanol–water partition coefficient (Wildman–Crippen LogP) is 2.56. The Labute approximate surface area is 94.3 Å². The number of aromatic carboxylic acids is 1. The van der Waals surface area contributed by atoms with E-state index < -0.39 is 5.97 Å². The number of carbonyl (C=O) groups is 1. The summed E-state index contributed by atoms with van der Waals surface area (Å²) in [6.07, 6.45) is 0. The monoisotopic (exact) mass is 240 g/mol. The quantitative estimate of drug-likeness (QED) is 0.876. The van der Waals surface area contributed by atoms with Gasteiger partial charge in [0.05, 0.1) is 0 Å². The van der Waals surface area contributed by atoms with Crippen molar-refractivity contribution in [1.82, 2.24) is 9.36 Å². The molecule has 0 aliphatic rings. The number of benzene rings is 1. The van der Waals surface area contributed by atoms with Gasteiger partial charge in [-0.1, -0.05) is 11.6 Å². The van der Waals surface area contributed by atoms with Crippen molar-refractivity contribution in [2.45, 2.75) is 0 Å². The first-order valence-corrected chi connectivity index (χ1v) is 5.15. The van der Waals surface area contributed by atoms with Crippen molar-refractivity contribution >= 4 is 29.1 Å². The minimum atomic E-state index is -1.06. The molecule has 0 aliphatic heterocycles. The van der Waals surface area contributed by atoms with Gasteiger partial charge < -0.3 is 5.11 Å². The lowest BCUT2D eigenvalue weighted by atomic mass is 10.2. The van der Waals surface area contributed by atoms with Gasteiger partial charge >= 0.3 is 5.97 Å². The molecule has 0 saturated carbocycles. The predicted molar refractivity (Wildman–Crippen MR) is 57.3 cm³/mol. The van der Waals surface area contributed by atoms with Crippen LogP contribution in [0.3, 0.4) is 0 Å². The highest BCUT2D eigenvalue weighted by Gasteiger charge is 2.11. The molecule has 1 aromatic heterocycles. The van der Waals surface area contributed by atoms with E-state index in [0.29, 0.717) is 10.8 Å². The second-order valence-corrected chi connectivity index (χ2v) is 3.92. The van der Waals surface area contributed by atoms with Crippen LogP contribution in [-0.2, 0) is 0 Å². The molecule has 1 heterocycles. The Bertz CT molecular complexity index is 495. The van der Waals surface area contributed by atoms with Gasteiger partial charge in [-0.15, -0.1) is 0 Å². The van der Waals surface area contributed by atoms with Crippen LogP contribution < -0.4 is 0 Å². The molecular formula is C9H5ClN2O2S. The number of carboxylic acid groups (broad SMARTS) is 1. The Morgan fingerprint density at radius 1 is 1.33 bits per heavy atom. The first-order valence-electron chi connectivity index (χ1n) is 4.00. The van der Waals surface area contributed by atoms with E-state index in [4.69, 9.17) is 16.7 Å². The molecule has 0 unspecified atom stereocenters. The van der Waals surface area contributed by atoms with E-state index in [1.807, 2.05) is 0 Å². The first kappa shape index (κ1) is 10.1. The number of hydrogen-bond donors (Lipinski definition) is 1. The summed E-state index contributed by atoms with van der Waals surface area (Å²) in [5, 5.41) is 9.28. The van der Waals surface area contributed by atoms with Crippen molar-refractivity contribution < 1.29 is 9.90 Å². The molecule has 15 heavy (non-hydrogen) atoms. The largest absolute Gasteiger partial charge is 0.476 e. The molecule has 1 aromatic carbocycles. The van der Waals surface area contributed by atoms with E-state index in [1.165, 1.54) is 0 Å². The van der Waals surface area contributed by atoms with Crippen molar-refractivity contribution in [3.05, 3.63) is 34.3 Å². The van der Waals surface area contributed by atoms with Crippen LogP contribution in [0.5, 0.6) is 0 Å². The van der Waals surface area contributed by atoms with Gasteiger partial charge in [-0.2, -0.15) is 4.37 Å². The Balaban J connectivity index is 2.37. The average molecular weight is 241 g/mol. The van der Waals surface area contributed by atoms with Crippen LogP contribution in [0.25, 0.3) is 11.4 Å². The van der Waals surface area contributed by atoms with E-state index >= 15 is 0 Å². The Kier molecular flexibility index (Phi) is 2.66. The van der Waals surface area contributed by atoms with Crippen LogP contribution in [0.15, 0.2) is 24.3 Å². The Morgan fingerprint density at radius 2 is 2.00 bits per heavy atom. The molecule has 0 atom stereocenters. The molecule has 2 aromatic rings. The third-order valence-electron chi connectivity index (χ3n) is 1.71. The molecule has 0 aliphatic carbocycles. The fourth-order valence-electron chi connectivity index (χ4n) is 1.03. The topological polar surface area (TPSA) is 63.1 Å². The van der Waals surface area contributed by atoms with Crippen molar-refractivity contribution in [2.75, 3.05) is 0 Å². The molecular weight excluding hydrogens is 236 g/mol. The summed E-state index contributed by atoms with van der Waals surface area (Å²) in [4.78, 5) is 14.5. The fourth-order valence-corrected chi connectivity index (χ4v) is 1.68. The van der Waals surface area contributed by atoms with Crippen molar-refractivity contribution in [1.29, 1.82) is 0 Å². The SMILES string of the molecule is O=C(O)c1nc(-c2ccc(Cl)cc2)ns1. The lowest BCUT2D eigenvalue weighted by molar-refractivity contribution is 0.0696. The minimum absolute atomic E-state index is 0.0139. The van der Waals surface area contributed by atoms with Crippen LogP contribution in [0.4, 0.5) is 0 Å². The number of rotatable bonds is 2. The zero-order valence-electron chi connectivity index (χ0n) is 7.35. The highest BCUT2D eigenvalue weighted by molar-refractivity contribution is 7.07. The standard InChI is InChI=1S/C9H5ClN2O2S/c10-6-3-1-5(2-4-6)7-11-8(9(13)14)15-12-7/h1-4H,(H,13,14). The van der Waals surface area contributed by atoms with E-state index in [0.717, 1.165) is 17.1 Å². The second kappa shape index (κ2) is 3.96. The highest BCUT2D eigenvalue weighted by atomic mass is 35.5. The van der Waals surface area contributed by atoms with Crippen molar-refractivity contribution in [3.63, 3.8) is 0 Å². The first-order chi connectivity index (χ1) is 7.16. The maximum absolute atomic E-state index is 10.6. The highest BCUT2D eigenvalue weighted by Crippen LogP contribution is 2.20. The number of nitrogens with zero attached hydrogens (tertiary/aromatic N) is 2. The number of aromatic nitrogens is 2. The molecule has 0 fully saturated rings. The van der Waals surface area contributed by atoms with Gasteiger partial charge in [0.15, 0.2) is 5.82 Å². The van der Waals surface area contributed by atoms with Crippen molar-refractivity contribution in [3.8, 4) is 11.4 Å². The Morgan fingerprint density at radius 3 is 2.53 bits per heavy atom. The molecule has 2 rings (SSSR count). The smallest absolute Gasteiger partial charge is 0.366 e. The number of halogens is 1. The number of carboxylic acids is 1. The zero-order chi connectivity index (χ0) is 10.8. The number of hydrogen-bond acceptors (Lipinski definition) is 4. The molecule has 0 spiro atoms. The van der Waals surface area contributed by atoms with Gasteiger partial charge in [-0.25, -0.2) is 9.78 Å². The van der Waals surface area contributed by atoms with Gasteiger partial charge in [0.1, 0.15) is 0 Å². The van der Waals surface area contributed by atoms with Gasteiger partial charge in [0.25, 0.3) is 0 Å². The lowest BCUT2D eigenvalue weighted by Gasteiger charge is -1.93. The van der Waals surface area contributed by atoms with Gasteiger partial charge in [-0.05, 0) is 35.8 Å². The summed E-state index contributed by atoms with van der Waals surface area (Å²) in [6, 6.07) is 6.91. The third-order valence-corrected chi connectivity index (χ3v) is 2.67. The normalized spacial score (nSPS) is 10.2. The molecule has 76 valence electrons. The second-order valence-electron chi connectivity index (χ2n) is 2.74. The van der Waals surface area contributed by atoms with Crippen LogP contribution >= 0.6 is 23.1 Å². The Hall–Kier alpha value is -1.46. The molecule has 1 N–H and O–H groups in total. The van der Waals surface area contributed by atoms with Crippen LogP contribution in [0.2, 0.25) is 5.02 Å². The van der Waals surface area contributed by atoms with Gasteiger partial charge in [-0.3, -0.25) is 0 Å². The summed E-state index contributed by atoms with van der Waals surface area (Å²) in [5.74, 6) is -0.651. The van der Waals surface area contributed by atoms with E-state index in [2.05, 4.69) is 9.36 Å². The molecule has 0 radical (unpaired) electrons. The lowest BCUT2D eigenvalue weighted by Crippen LogP contribution is -1.94. The summed E-state index contributed by atoms with van der Waals surface area (Å²) in [7, 11) is 0. The summed E-state index contributed by atoms with van der Waals surface area (Å²) >= 11 is 6.59. The average Bonchev–Trinajstić information content (AvgIpc) is 2.68. The molecule has 0 saturated heterocycles. The van der Waals surface area contributed by atoms with Gasteiger partial charge in [0, 0.05) is 10.6 Å².